The van der Waals surface area contributed by atoms with Crippen LogP contribution in [0.4, 0.5) is 5.69 Å². The van der Waals surface area contributed by atoms with Crippen LogP contribution in [0.3, 0.4) is 0 Å². The van der Waals surface area contributed by atoms with Crippen molar-refractivity contribution in [2.24, 2.45) is 0 Å². The number of nitrogens with one attached hydrogen (secondary N) is 1. The summed E-state index contributed by atoms with van der Waals surface area (Å²) in [7, 11) is 4.11. The summed E-state index contributed by atoms with van der Waals surface area (Å²) in [6.45, 7) is 4.22. The highest BCUT2D eigenvalue weighted by molar-refractivity contribution is 5.97. The van der Waals surface area contributed by atoms with Gasteiger partial charge >= 0.3 is 0 Å². The molecule has 0 unspecified atom stereocenters. The Bertz CT molecular complexity index is 535. The quantitative estimate of drug-likeness (QED) is 0.531. The Morgan fingerprint density at radius 1 is 1.12 bits per heavy atom. The Kier molecular flexibility index (Phi) is 8.39. The second-order valence-electron chi connectivity index (χ2n) is 7.33. The summed E-state index contributed by atoms with van der Waals surface area (Å²) in [4.78, 5) is 15.1. The van der Waals surface area contributed by atoms with Crippen LogP contribution in [0.1, 0.15) is 51.9 Å². The molecule has 1 amide bonds. The third kappa shape index (κ3) is 6.29. The molecule has 0 atom stereocenters. The van der Waals surface area contributed by atoms with E-state index in [0.29, 0.717) is 13.2 Å². The van der Waals surface area contributed by atoms with Crippen LogP contribution < -0.4 is 10.1 Å². The van der Waals surface area contributed by atoms with Crippen molar-refractivity contribution < 1.29 is 14.3 Å². The van der Waals surface area contributed by atoms with E-state index in [1.807, 2.05) is 31.2 Å². The topological polar surface area (TPSA) is 50.8 Å². The van der Waals surface area contributed by atoms with Crippen molar-refractivity contribution in [3.63, 3.8) is 0 Å². The van der Waals surface area contributed by atoms with Crippen LogP contribution in [0.5, 0.6) is 5.75 Å². The van der Waals surface area contributed by atoms with Crippen LogP contribution in [-0.2, 0) is 9.53 Å². The molecule has 1 saturated carbocycles. The van der Waals surface area contributed by atoms with Crippen molar-refractivity contribution in [3.8, 4) is 5.75 Å². The first-order valence-electron chi connectivity index (χ1n) is 9.89. The van der Waals surface area contributed by atoms with E-state index in [2.05, 4.69) is 24.3 Å². The van der Waals surface area contributed by atoms with Crippen molar-refractivity contribution in [2.75, 3.05) is 39.2 Å². The van der Waals surface area contributed by atoms with Gasteiger partial charge in [-0.3, -0.25) is 4.79 Å². The summed E-state index contributed by atoms with van der Waals surface area (Å²) in [5, 5.41) is 3.05. The first kappa shape index (κ1) is 20.7. The van der Waals surface area contributed by atoms with E-state index in [1.54, 1.807) is 0 Å². The van der Waals surface area contributed by atoms with Gasteiger partial charge in [0, 0.05) is 18.8 Å². The minimum Gasteiger partial charge on any atom is -0.494 e. The van der Waals surface area contributed by atoms with Crippen molar-refractivity contribution in [1.29, 1.82) is 0 Å². The Morgan fingerprint density at radius 3 is 2.35 bits per heavy atom. The normalized spacial score (nSPS) is 16.9. The van der Waals surface area contributed by atoms with Gasteiger partial charge in [-0.05, 0) is 64.5 Å². The van der Waals surface area contributed by atoms with E-state index in [1.165, 1.54) is 12.8 Å². The number of anilines is 1. The number of nitrogens with zero attached hydrogens (tertiary/aromatic N) is 1. The average Bonchev–Trinajstić information content (AvgIpc) is 2.87. The van der Waals surface area contributed by atoms with Crippen molar-refractivity contribution >= 4 is 11.6 Å². The fourth-order valence-corrected chi connectivity index (χ4v) is 3.46. The smallest absolute Gasteiger partial charge is 0.256 e. The van der Waals surface area contributed by atoms with Crippen LogP contribution in [0, 0.1) is 0 Å². The van der Waals surface area contributed by atoms with Gasteiger partial charge in [0.1, 0.15) is 11.4 Å². The molecule has 1 aromatic rings. The van der Waals surface area contributed by atoms with E-state index < -0.39 is 5.60 Å². The van der Waals surface area contributed by atoms with Gasteiger partial charge in [-0.15, -0.1) is 0 Å². The number of carbonyl (C=O) groups excluding carboxylic acids is 1. The van der Waals surface area contributed by atoms with Crippen LogP contribution in [0.2, 0.25) is 0 Å². The molecule has 0 bridgehead atoms. The van der Waals surface area contributed by atoms with Crippen LogP contribution in [-0.4, -0.2) is 50.3 Å². The molecule has 0 saturated heterocycles. The summed E-state index contributed by atoms with van der Waals surface area (Å²) in [6, 6.07) is 7.61. The number of benzene rings is 1. The molecule has 1 aromatic carbocycles. The van der Waals surface area contributed by atoms with Gasteiger partial charge in [0.25, 0.3) is 5.91 Å². The number of hydrogen-bond acceptors (Lipinski definition) is 4. The molecular formula is C21H34N2O3. The highest BCUT2D eigenvalue weighted by atomic mass is 16.5. The van der Waals surface area contributed by atoms with Crippen molar-refractivity contribution in [1.82, 2.24) is 4.90 Å². The Hall–Kier alpha value is -1.59. The largest absolute Gasteiger partial charge is 0.494 e. The summed E-state index contributed by atoms with van der Waals surface area (Å²) >= 11 is 0. The van der Waals surface area contributed by atoms with Gasteiger partial charge in [0.15, 0.2) is 0 Å². The molecule has 2 rings (SSSR count). The fraction of sp³-hybridized carbons (Fsp3) is 0.667. The van der Waals surface area contributed by atoms with Crippen molar-refractivity contribution in [3.05, 3.63) is 24.3 Å². The lowest BCUT2D eigenvalue weighted by molar-refractivity contribution is -0.143. The van der Waals surface area contributed by atoms with Gasteiger partial charge in [0.2, 0.25) is 0 Å². The third-order valence-corrected chi connectivity index (χ3v) is 4.88. The second kappa shape index (κ2) is 10.5. The number of carbonyl (C=O) groups is 1. The van der Waals surface area contributed by atoms with Crippen LogP contribution >= 0.6 is 0 Å². The van der Waals surface area contributed by atoms with Gasteiger partial charge in [0.05, 0.1) is 6.61 Å². The lowest BCUT2D eigenvalue weighted by atomic mass is 9.93. The van der Waals surface area contributed by atoms with Gasteiger partial charge in [-0.2, -0.15) is 0 Å². The zero-order valence-electron chi connectivity index (χ0n) is 16.6. The van der Waals surface area contributed by atoms with Crippen molar-refractivity contribution in [2.45, 2.75) is 57.5 Å². The third-order valence-electron chi connectivity index (χ3n) is 4.88. The van der Waals surface area contributed by atoms with Gasteiger partial charge in [-0.1, -0.05) is 25.7 Å². The maximum Gasteiger partial charge on any atom is 0.256 e. The Balaban J connectivity index is 1.90. The lowest BCUT2D eigenvalue weighted by Crippen LogP contribution is -2.45. The average molecular weight is 363 g/mol. The maximum atomic E-state index is 12.9. The maximum absolute atomic E-state index is 12.9. The summed E-state index contributed by atoms with van der Waals surface area (Å²) in [5.41, 5.74) is 0.117. The fourth-order valence-electron chi connectivity index (χ4n) is 3.46. The zero-order chi connectivity index (χ0) is 18.8. The summed E-state index contributed by atoms with van der Waals surface area (Å²) in [5.74, 6) is 0.816. The highest BCUT2D eigenvalue weighted by Gasteiger charge is 2.39. The first-order chi connectivity index (χ1) is 12.6. The minimum atomic E-state index is -0.674. The predicted octanol–water partition coefficient (Wildman–Crippen LogP) is 4.09. The number of ether oxygens (including phenoxy) is 2. The lowest BCUT2D eigenvalue weighted by Gasteiger charge is -2.31. The first-order valence-corrected chi connectivity index (χ1v) is 9.89. The molecule has 1 aliphatic carbocycles. The minimum absolute atomic E-state index is 0.0131. The van der Waals surface area contributed by atoms with E-state index in [4.69, 9.17) is 9.47 Å². The SMILES string of the molecule is CCOC1(C(=O)Nc2ccc(OCCCN(C)C)cc2)CCCCCC1. The number of hydrogen-bond donors (Lipinski definition) is 1. The van der Waals surface area contributed by atoms with Crippen LogP contribution in [0.25, 0.3) is 0 Å². The zero-order valence-corrected chi connectivity index (χ0v) is 16.6. The van der Waals surface area contributed by atoms with Gasteiger partial charge < -0.3 is 19.7 Å². The molecule has 0 aromatic heterocycles. The predicted molar refractivity (Wildman–Crippen MR) is 106 cm³/mol. The van der Waals surface area contributed by atoms with Gasteiger partial charge in [-0.25, -0.2) is 0 Å². The molecule has 1 aliphatic rings. The molecular weight excluding hydrogens is 328 g/mol. The van der Waals surface area contributed by atoms with E-state index in [-0.39, 0.29) is 5.91 Å². The van der Waals surface area contributed by atoms with E-state index in [9.17, 15) is 4.79 Å². The number of rotatable bonds is 9. The molecule has 5 heteroatoms. The summed E-state index contributed by atoms with van der Waals surface area (Å²) < 4.78 is 11.7. The number of amides is 1. The Morgan fingerprint density at radius 2 is 1.77 bits per heavy atom. The molecule has 1 N–H and O–H groups in total. The standard InChI is InChI=1S/C21H34N2O3/c1-4-26-21(14-7-5-6-8-15-21)20(24)22-18-10-12-19(13-11-18)25-17-9-16-23(2)3/h10-13H,4-9,14-17H2,1-3H3,(H,22,24). The molecule has 146 valence electrons. The monoisotopic (exact) mass is 362 g/mol. The molecule has 0 heterocycles. The second-order valence-corrected chi connectivity index (χ2v) is 7.33. The highest BCUT2D eigenvalue weighted by Crippen LogP contribution is 2.32. The molecule has 26 heavy (non-hydrogen) atoms. The molecule has 0 radical (unpaired) electrons. The molecule has 0 aliphatic heterocycles. The van der Waals surface area contributed by atoms with E-state index >= 15 is 0 Å². The van der Waals surface area contributed by atoms with E-state index in [0.717, 1.165) is 50.1 Å². The molecule has 0 spiro atoms. The summed E-state index contributed by atoms with van der Waals surface area (Å²) in [6.07, 6.45) is 7.06. The van der Waals surface area contributed by atoms with Crippen LogP contribution in [0.15, 0.2) is 24.3 Å². The molecule has 1 fully saturated rings. The Labute approximate surface area is 158 Å². The molecule has 5 nitrogen and oxygen atoms in total.